The van der Waals surface area contributed by atoms with Crippen molar-refractivity contribution in [2.24, 2.45) is 4.99 Å². The highest BCUT2D eigenvalue weighted by molar-refractivity contribution is 14.0. The topological polar surface area (TPSA) is 65.5 Å². The lowest BCUT2D eigenvalue weighted by Crippen LogP contribution is -2.40. The maximum atomic E-state index is 12.9. The van der Waals surface area contributed by atoms with E-state index in [1.54, 1.807) is 26.2 Å². The zero-order chi connectivity index (χ0) is 14.1. The summed E-state index contributed by atoms with van der Waals surface area (Å²) in [5.41, 5.74) is 0.663. The Morgan fingerprint density at radius 1 is 1.30 bits per heavy atom. The van der Waals surface area contributed by atoms with Gasteiger partial charge in [0, 0.05) is 27.2 Å². The lowest BCUT2D eigenvalue weighted by atomic mass is 10.1. The molecule has 1 amide bonds. The predicted molar refractivity (Wildman–Crippen MR) is 89.0 cm³/mol. The van der Waals surface area contributed by atoms with Crippen LogP contribution in [0, 0.1) is 5.82 Å². The molecule has 112 valence electrons. The SMILES string of the molecule is CN=C(NC)NCCNC(=O)Cc1cccc(F)c1.I. The summed E-state index contributed by atoms with van der Waals surface area (Å²) in [6, 6.07) is 6.04. The number of nitrogens with zero attached hydrogens (tertiary/aromatic N) is 1. The lowest BCUT2D eigenvalue weighted by Gasteiger charge is -2.09. The zero-order valence-electron chi connectivity index (χ0n) is 11.6. The average molecular weight is 394 g/mol. The second-order valence-corrected chi connectivity index (χ2v) is 3.91. The molecule has 0 saturated carbocycles. The first-order valence-electron chi connectivity index (χ1n) is 6.05. The number of nitrogens with one attached hydrogen (secondary N) is 3. The Balaban J connectivity index is 0.00000361. The number of guanidine groups is 1. The van der Waals surface area contributed by atoms with Gasteiger partial charge < -0.3 is 16.0 Å². The smallest absolute Gasteiger partial charge is 0.224 e. The summed E-state index contributed by atoms with van der Waals surface area (Å²) >= 11 is 0. The molecule has 0 heterocycles. The molecule has 0 aliphatic rings. The van der Waals surface area contributed by atoms with Gasteiger partial charge >= 0.3 is 0 Å². The zero-order valence-corrected chi connectivity index (χ0v) is 13.9. The maximum Gasteiger partial charge on any atom is 0.224 e. The molecule has 1 aromatic rings. The van der Waals surface area contributed by atoms with Crippen LogP contribution in [0.25, 0.3) is 0 Å². The summed E-state index contributed by atoms with van der Waals surface area (Å²) < 4.78 is 12.9. The Morgan fingerprint density at radius 3 is 2.60 bits per heavy atom. The molecule has 0 saturated heterocycles. The molecule has 1 aromatic carbocycles. The second kappa shape index (κ2) is 10.4. The minimum atomic E-state index is -0.329. The molecule has 0 atom stereocenters. The van der Waals surface area contributed by atoms with Crippen LogP contribution in [-0.2, 0) is 11.2 Å². The number of carbonyl (C=O) groups is 1. The number of halogens is 2. The van der Waals surface area contributed by atoms with Gasteiger partial charge in [-0.3, -0.25) is 9.79 Å². The van der Waals surface area contributed by atoms with E-state index in [4.69, 9.17) is 0 Å². The first kappa shape index (κ1) is 18.6. The molecule has 7 heteroatoms. The molecule has 0 bridgehead atoms. The summed E-state index contributed by atoms with van der Waals surface area (Å²) in [7, 11) is 3.43. The van der Waals surface area contributed by atoms with Gasteiger partial charge in [0.1, 0.15) is 5.82 Å². The molecule has 0 spiro atoms. The van der Waals surface area contributed by atoms with E-state index in [1.807, 2.05) is 0 Å². The largest absolute Gasteiger partial charge is 0.359 e. The Bertz CT molecular complexity index is 454. The van der Waals surface area contributed by atoms with E-state index in [2.05, 4.69) is 20.9 Å². The minimum absolute atomic E-state index is 0. The Morgan fingerprint density at radius 2 is 2.00 bits per heavy atom. The third kappa shape index (κ3) is 7.27. The maximum absolute atomic E-state index is 12.9. The molecule has 0 aliphatic carbocycles. The summed E-state index contributed by atoms with van der Waals surface area (Å²) in [5, 5.41) is 8.63. The first-order chi connectivity index (χ1) is 9.15. The number of amides is 1. The van der Waals surface area contributed by atoms with Crippen molar-refractivity contribution in [1.82, 2.24) is 16.0 Å². The number of carbonyl (C=O) groups excluding carboxylic acids is 1. The molecule has 20 heavy (non-hydrogen) atoms. The normalized spacial score (nSPS) is 10.4. The second-order valence-electron chi connectivity index (χ2n) is 3.91. The van der Waals surface area contributed by atoms with Gasteiger partial charge in [0.2, 0.25) is 5.91 Å². The average Bonchev–Trinajstić information content (AvgIpc) is 2.39. The molecule has 0 unspecified atom stereocenters. The van der Waals surface area contributed by atoms with Crippen molar-refractivity contribution >= 4 is 35.8 Å². The van der Waals surface area contributed by atoms with E-state index in [0.29, 0.717) is 24.6 Å². The van der Waals surface area contributed by atoms with Crippen LogP contribution in [0.3, 0.4) is 0 Å². The highest BCUT2D eigenvalue weighted by atomic mass is 127. The standard InChI is InChI=1S/C13H19FN4O.HI/c1-15-13(16-2)18-7-6-17-12(19)9-10-4-3-5-11(14)8-10;/h3-5,8H,6-7,9H2,1-2H3,(H,17,19)(H2,15,16,18);1H. The van der Waals surface area contributed by atoms with Gasteiger partial charge in [-0.2, -0.15) is 0 Å². The third-order valence-corrected chi connectivity index (χ3v) is 2.45. The van der Waals surface area contributed by atoms with Gasteiger partial charge in [0.15, 0.2) is 5.96 Å². The van der Waals surface area contributed by atoms with Gasteiger partial charge in [0.05, 0.1) is 6.42 Å². The van der Waals surface area contributed by atoms with E-state index in [0.717, 1.165) is 0 Å². The first-order valence-corrected chi connectivity index (χ1v) is 6.05. The summed E-state index contributed by atoms with van der Waals surface area (Å²) in [4.78, 5) is 15.5. The van der Waals surface area contributed by atoms with Gasteiger partial charge in [-0.25, -0.2) is 4.39 Å². The molecule has 0 radical (unpaired) electrons. The highest BCUT2D eigenvalue weighted by Gasteiger charge is 2.03. The molecule has 3 N–H and O–H groups in total. The van der Waals surface area contributed by atoms with Crippen LogP contribution in [-0.4, -0.2) is 39.1 Å². The molecule has 0 fully saturated rings. The number of aliphatic imine (C=N–C) groups is 1. The fourth-order valence-corrected chi connectivity index (χ4v) is 1.56. The van der Waals surface area contributed by atoms with Gasteiger partial charge in [-0.1, -0.05) is 12.1 Å². The van der Waals surface area contributed by atoms with Gasteiger partial charge in [-0.15, -0.1) is 24.0 Å². The van der Waals surface area contributed by atoms with Crippen molar-refractivity contribution in [1.29, 1.82) is 0 Å². The molecule has 0 aliphatic heterocycles. The van der Waals surface area contributed by atoms with Crippen LogP contribution >= 0.6 is 24.0 Å². The van der Waals surface area contributed by atoms with Crippen molar-refractivity contribution in [3.63, 3.8) is 0 Å². The monoisotopic (exact) mass is 394 g/mol. The minimum Gasteiger partial charge on any atom is -0.359 e. The molecule has 5 nitrogen and oxygen atoms in total. The number of rotatable bonds is 5. The van der Waals surface area contributed by atoms with Crippen molar-refractivity contribution in [3.05, 3.63) is 35.6 Å². The van der Waals surface area contributed by atoms with E-state index < -0.39 is 0 Å². The van der Waals surface area contributed by atoms with E-state index >= 15 is 0 Å². The van der Waals surface area contributed by atoms with E-state index in [1.165, 1.54) is 12.1 Å². The van der Waals surface area contributed by atoms with Crippen LogP contribution in [0.5, 0.6) is 0 Å². The van der Waals surface area contributed by atoms with Crippen molar-refractivity contribution < 1.29 is 9.18 Å². The van der Waals surface area contributed by atoms with Crippen LogP contribution in [0.15, 0.2) is 29.3 Å². The van der Waals surface area contributed by atoms with Crippen LogP contribution in [0.1, 0.15) is 5.56 Å². The van der Waals surface area contributed by atoms with Crippen molar-refractivity contribution in [2.45, 2.75) is 6.42 Å². The number of benzene rings is 1. The summed E-state index contributed by atoms with van der Waals surface area (Å²) in [6.45, 7) is 1.05. The fraction of sp³-hybridized carbons (Fsp3) is 0.385. The van der Waals surface area contributed by atoms with Gasteiger partial charge in [-0.05, 0) is 17.7 Å². The quantitative estimate of drug-likeness (QED) is 0.301. The summed E-state index contributed by atoms with van der Waals surface area (Å²) in [6.07, 6.45) is 0.179. The van der Waals surface area contributed by atoms with E-state index in [-0.39, 0.29) is 42.1 Å². The Hall–Kier alpha value is -1.38. The van der Waals surface area contributed by atoms with Crippen LogP contribution < -0.4 is 16.0 Å². The summed E-state index contributed by atoms with van der Waals surface area (Å²) in [5.74, 6) is 0.205. The number of hydrogen-bond donors (Lipinski definition) is 3. The third-order valence-electron chi connectivity index (χ3n) is 2.45. The van der Waals surface area contributed by atoms with Crippen molar-refractivity contribution in [3.8, 4) is 0 Å². The Kier molecular flexibility index (Phi) is 9.69. The predicted octanol–water partition coefficient (Wildman–Crippen LogP) is 0.897. The Labute approximate surface area is 135 Å². The highest BCUT2D eigenvalue weighted by Crippen LogP contribution is 2.03. The fourth-order valence-electron chi connectivity index (χ4n) is 1.56. The molecule has 0 aromatic heterocycles. The van der Waals surface area contributed by atoms with Crippen LogP contribution in [0.4, 0.5) is 4.39 Å². The number of hydrogen-bond acceptors (Lipinski definition) is 2. The van der Waals surface area contributed by atoms with Crippen LogP contribution in [0.2, 0.25) is 0 Å². The lowest BCUT2D eigenvalue weighted by molar-refractivity contribution is -0.120. The van der Waals surface area contributed by atoms with E-state index in [9.17, 15) is 9.18 Å². The van der Waals surface area contributed by atoms with Gasteiger partial charge in [0.25, 0.3) is 0 Å². The molecule has 1 rings (SSSR count). The molecular weight excluding hydrogens is 374 g/mol. The molecular formula is C13H20FIN4O. The van der Waals surface area contributed by atoms with Crippen molar-refractivity contribution in [2.75, 3.05) is 27.2 Å².